The molecule has 1 unspecified atom stereocenters. The summed E-state index contributed by atoms with van der Waals surface area (Å²) in [5.41, 5.74) is 1.67. The van der Waals surface area contributed by atoms with E-state index in [1.54, 1.807) is 6.07 Å². The number of benzene rings is 2. The van der Waals surface area contributed by atoms with Crippen molar-refractivity contribution >= 4 is 22.0 Å². The van der Waals surface area contributed by atoms with E-state index >= 15 is 0 Å². The molecule has 0 aliphatic heterocycles. The first-order chi connectivity index (χ1) is 15.0. The first kappa shape index (κ1) is 25.4. The van der Waals surface area contributed by atoms with Crippen molar-refractivity contribution in [3.8, 4) is 5.75 Å². The average Bonchev–Trinajstić information content (AvgIpc) is 2.72. The Morgan fingerprint density at radius 3 is 2.25 bits per heavy atom. The number of amides is 1. The summed E-state index contributed by atoms with van der Waals surface area (Å²) in [5.74, 6) is -1.06. The van der Waals surface area contributed by atoms with Crippen LogP contribution in [0.2, 0.25) is 0 Å². The molecule has 1 amide bonds. The van der Waals surface area contributed by atoms with Crippen molar-refractivity contribution in [2.24, 2.45) is 5.92 Å². The van der Waals surface area contributed by atoms with Crippen molar-refractivity contribution in [2.45, 2.75) is 58.2 Å². The van der Waals surface area contributed by atoms with Gasteiger partial charge in [-0.15, -0.1) is 0 Å². The van der Waals surface area contributed by atoms with Crippen molar-refractivity contribution in [2.75, 3.05) is 0 Å². The van der Waals surface area contributed by atoms with Gasteiger partial charge < -0.3 is 14.6 Å². The van der Waals surface area contributed by atoms with Crippen molar-refractivity contribution < 1.29 is 27.3 Å². The van der Waals surface area contributed by atoms with E-state index in [1.807, 2.05) is 30.3 Å². The first-order valence-corrected chi connectivity index (χ1v) is 12.1. The number of aliphatic carboxylic acids is 1. The Hall–Kier alpha value is -2.87. The maximum atomic E-state index is 13.3. The Morgan fingerprint density at radius 2 is 1.69 bits per heavy atom. The average molecular weight is 462 g/mol. The highest BCUT2D eigenvalue weighted by Crippen LogP contribution is 2.25. The number of aryl methyl sites for hydroxylation is 1. The van der Waals surface area contributed by atoms with Gasteiger partial charge in [0.2, 0.25) is 0 Å². The molecule has 0 spiro atoms. The lowest BCUT2D eigenvalue weighted by atomic mass is 9.95. The number of rotatable bonds is 11. The molecule has 0 saturated heterocycles. The second-order valence-electron chi connectivity index (χ2n) is 8.40. The van der Waals surface area contributed by atoms with Gasteiger partial charge in [-0.3, -0.25) is 9.59 Å². The molecule has 2 N–H and O–H groups in total. The standard InChI is InChI=1S/C24H31NO6S/c1-16(2)14-22(19-8-6-5-7-9-19)25-24(28)21-15-20(31-32(29,30)17(3)4)12-10-18(21)11-13-23(26)27/h5-10,12,15-17,22H,11,13-14H2,1-4H3,(H,25,28)(H,26,27). The zero-order valence-electron chi connectivity index (χ0n) is 18.9. The van der Waals surface area contributed by atoms with Gasteiger partial charge in [0.25, 0.3) is 5.91 Å². The van der Waals surface area contributed by atoms with Crippen LogP contribution in [0.3, 0.4) is 0 Å². The number of carbonyl (C=O) groups is 2. The van der Waals surface area contributed by atoms with E-state index in [0.29, 0.717) is 17.9 Å². The van der Waals surface area contributed by atoms with Gasteiger partial charge in [-0.1, -0.05) is 50.2 Å². The maximum Gasteiger partial charge on any atom is 0.311 e. The number of carboxylic acid groups (broad SMARTS) is 1. The van der Waals surface area contributed by atoms with E-state index in [-0.39, 0.29) is 30.2 Å². The number of hydrogen-bond donors (Lipinski definition) is 2. The Bertz CT molecular complexity index is 1030. The highest BCUT2D eigenvalue weighted by atomic mass is 32.2. The van der Waals surface area contributed by atoms with Crippen LogP contribution in [-0.4, -0.2) is 30.7 Å². The molecule has 32 heavy (non-hydrogen) atoms. The van der Waals surface area contributed by atoms with Crippen LogP contribution < -0.4 is 9.50 Å². The van der Waals surface area contributed by atoms with Gasteiger partial charge in [-0.2, -0.15) is 8.42 Å². The molecule has 8 heteroatoms. The summed E-state index contributed by atoms with van der Waals surface area (Å²) >= 11 is 0. The SMILES string of the molecule is CC(C)CC(NC(=O)c1cc(OS(=O)(=O)C(C)C)ccc1CCC(=O)O)c1ccccc1. The molecule has 1 atom stereocenters. The quantitative estimate of drug-likeness (QED) is 0.482. The predicted molar refractivity (Wildman–Crippen MR) is 123 cm³/mol. The highest BCUT2D eigenvalue weighted by Gasteiger charge is 2.22. The lowest BCUT2D eigenvalue weighted by Crippen LogP contribution is -2.30. The second-order valence-corrected chi connectivity index (χ2v) is 10.5. The Balaban J connectivity index is 2.39. The summed E-state index contributed by atoms with van der Waals surface area (Å²) in [6, 6.07) is 13.7. The summed E-state index contributed by atoms with van der Waals surface area (Å²) < 4.78 is 29.5. The third-order valence-electron chi connectivity index (χ3n) is 4.94. The lowest BCUT2D eigenvalue weighted by molar-refractivity contribution is -0.136. The Kier molecular flexibility index (Phi) is 8.83. The van der Waals surface area contributed by atoms with Crippen LogP contribution in [0.1, 0.15) is 68.1 Å². The van der Waals surface area contributed by atoms with E-state index in [0.717, 1.165) is 5.56 Å². The molecule has 2 aromatic rings. The van der Waals surface area contributed by atoms with Crippen LogP contribution in [0.5, 0.6) is 5.75 Å². The normalized spacial score (nSPS) is 12.6. The molecule has 0 aliphatic rings. The smallest absolute Gasteiger partial charge is 0.311 e. The minimum absolute atomic E-state index is 0.0167. The topological polar surface area (TPSA) is 110 Å². The van der Waals surface area contributed by atoms with Gasteiger partial charge in [-0.05, 0) is 55.9 Å². The second kappa shape index (κ2) is 11.1. The number of carboxylic acids is 1. The molecule has 2 aromatic carbocycles. The van der Waals surface area contributed by atoms with E-state index in [2.05, 4.69) is 19.2 Å². The number of carbonyl (C=O) groups excluding carboxylic acids is 1. The monoisotopic (exact) mass is 461 g/mol. The molecule has 2 rings (SSSR count). The molecule has 0 radical (unpaired) electrons. The summed E-state index contributed by atoms with van der Waals surface area (Å²) in [6.45, 7) is 7.12. The molecule has 174 valence electrons. The van der Waals surface area contributed by atoms with E-state index in [1.165, 1.54) is 26.0 Å². The van der Waals surface area contributed by atoms with Gasteiger partial charge in [0.05, 0.1) is 11.3 Å². The van der Waals surface area contributed by atoms with E-state index < -0.39 is 27.2 Å². The number of hydrogen-bond acceptors (Lipinski definition) is 5. The van der Waals surface area contributed by atoms with Gasteiger partial charge in [-0.25, -0.2) is 0 Å². The molecule has 0 aromatic heterocycles. The predicted octanol–water partition coefficient (Wildman–Crippen LogP) is 4.34. The summed E-state index contributed by atoms with van der Waals surface area (Å²) in [4.78, 5) is 24.3. The minimum atomic E-state index is -3.84. The van der Waals surface area contributed by atoms with Crippen LogP contribution in [0.4, 0.5) is 0 Å². The van der Waals surface area contributed by atoms with E-state index in [4.69, 9.17) is 9.29 Å². The fourth-order valence-electron chi connectivity index (χ4n) is 3.18. The molecule has 0 bridgehead atoms. The maximum absolute atomic E-state index is 13.3. The van der Waals surface area contributed by atoms with Crippen LogP contribution in [0.25, 0.3) is 0 Å². The van der Waals surface area contributed by atoms with Crippen molar-refractivity contribution in [3.63, 3.8) is 0 Å². The van der Waals surface area contributed by atoms with Gasteiger partial charge in [0.1, 0.15) is 5.75 Å². The minimum Gasteiger partial charge on any atom is -0.481 e. The van der Waals surface area contributed by atoms with Gasteiger partial charge in [0, 0.05) is 12.0 Å². The first-order valence-electron chi connectivity index (χ1n) is 10.6. The summed E-state index contributed by atoms with van der Waals surface area (Å²) in [5, 5.41) is 11.3. The number of nitrogens with one attached hydrogen (secondary N) is 1. The fraction of sp³-hybridized carbons (Fsp3) is 0.417. The molecular weight excluding hydrogens is 430 g/mol. The van der Waals surface area contributed by atoms with Crippen LogP contribution in [0, 0.1) is 5.92 Å². The lowest BCUT2D eigenvalue weighted by Gasteiger charge is -2.22. The molecule has 0 heterocycles. The fourth-order valence-corrected chi connectivity index (χ4v) is 3.74. The van der Waals surface area contributed by atoms with Crippen LogP contribution >= 0.6 is 0 Å². The van der Waals surface area contributed by atoms with E-state index in [9.17, 15) is 18.0 Å². The third kappa shape index (κ3) is 7.37. The zero-order valence-corrected chi connectivity index (χ0v) is 19.7. The Labute approximate surface area is 189 Å². The highest BCUT2D eigenvalue weighted by molar-refractivity contribution is 7.87. The van der Waals surface area contributed by atoms with Crippen molar-refractivity contribution in [3.05, 3.63) is 65.2 Å². The summed E-state index contributed by atoms with van der Waals surface area (Å²) in [6.07, 6.45) is 0.687. The van der Waals surface area contributed by atoms with Gasteiger partial charge >= 0.3 is 16.1 Å². The molecule has 7 nitrogen and oxygen atoms in total. The Morgan fingerprint density at radius 1 is 1.03 bits per heavy atom. The van der Waals surface area contributed by atoms with Crippen molar-refractivity contribution in [1.29, 1.82) is 0 Å². The molecule has 0 saturated carbocycles. The molecule has 0 aliphatic carbocycles. The molecule has 0 fully saturated rings. The molecular formula is C24H31NO6S. The summed E-state index contributed by atoms with van der Waals surface area (Å²) in [7, 11) is -3.84. The van der Waals surface area contributed by atoms with Gasteiger partial charge in [0.15, 0.2) is 0 Å². The zero-order chi connectivity index (χ0) is 23.9. The third-order valence-corrected chi connectivity index (χ3v) is 6.52. The van der Waals surface area contributed by atoms with Crippen molar-refractivity contribution in [1.82, 2.24) is 5.32 Å². The largest absolute Gasteiger partial charge is 0.481 e. The van der Waals surface area contributed by atoms with Crippen LogP contribution in [-0.2, 0) is 21.3 Å². The van der Waals surface area contributed by atoms with Crippen LogP contribution in [0.15, 0.2) is 48.5 Å².